The van der Waals surface area contributed by atoms with Crippen molar-refractivity contribution in [3.8, 4) is 0 Å². The molecule has 4 heteroatoms. The van der Waals surface area contributed by atoms with Gasteiger partial charge in [0.1, 0.15) is 0 Å². The van der Waals surface area contributed by atoms with E-state index in [-0.39, 0.29) is 17.1 Å². The molecular weight excluding hydrogens is 448 g/mol. The molecule has 0 fully saturated rings. The molecule has 0 aromatic heterocycles. The summed E-state index contributed by atoms with van der Waals surface area (Å²) in [5.74, 6) is -1.58. The van der Waals surface area contributed by atoms with Crippen LogP contribution in [0, 0.1) is 0 Å². The molecule has 36 heavy (non-hydrogen) atoms. The number of rotatable bonds is 5. The van der Waals surface area contributed by atoms with Crippen molar-refractivity contribution in [2.75, 3.05) is 0 Å². The van der Waals surface area contributed by atoms with Crippen LogP contribution in [0.5, 0.6) is 0 Å². The van der Waals surface area contributed by atoms with Gasteiger partial charge < -0.3 is 4.74 Å². The second-order valence-electron chi connectivity index (χ2n) is 9.06. The first kappa shape index (κ1) is 21.9. The first-order valence-electron chi connectivity index (χ1n) is 11.9. The minimum atomic E-state index is -1.54. The topological polar surface area (TPSA) is 60.4 Å². The summed E-state index contributed by atoms with van der Waals surface area (Å²) in [6.45, 7) is 1.34. The molecule has 0 radical (unpaired) electrons. The van der Waals surface area contributed by atoms with Crippen molar-refractivity contribution in [1.82, 2.24) is 0 Å². The number of ether oxygens (including phenoxy) is 1. The van der Waals surface area contributed by atoms with Crippen LogP contribution < -0.4 is 0 Å². The number of carbonyl (C=O) groups excluding carboxylic acids is 3. The standard InChI is InChI=1S/C32H22O4/c1-20(33)36-32-25-18-10-8-16-23(25)27(24-17-9-11-19-26(24)32)28(30(34)21-12-4-2-5-13-21)29(32)31(35)22-14-6-3-7-15-22/h2-19,27H,1H3. The lowest BCUT2D eigenvalue weighted by Gasteiger charge is -2.49. The maximum atomic E-state index is 14.3. The summed E-state index contributed by atoms with van der Waals surface area (Å²) >= 11 is 0. The lowest BCUT2D eigenvalue weighted by Crippen LogP contribution is -2.49. The van der Waals surface area contributed by atoms with Crippen LogP contribution in [0.25, 0.3) is 0 Å². The minimum absolute atomic E-state index is 0.208. The van der Waals surface area contributed by atoms with Crippen molar-refractivity contribution in [2.24, 2.45) is 0 Å². The van der Waals surface area contributed by atoms with E-state index in [0.29, 0.717) is 27.8 Å². The van der Waals surface area contributed by atoms with Crippen LogP contribution in [0.2, 0.25) is 0 Å². The molecule has 2 bridgehead atoms. The van der Waals surface area contributed by atoms with E-state index in [4.69, 9.17) is 4.74 Å². The highest BCUT2D eigenvalue weighted by atomic mass is 16.6. The Morgan fingerprint density at radius 3 is 1.56 bits per heavy atom. The van der Waals surface area contributed by atoms with Gasteiger partial charge in [0, 0.05) is 40.7 Å². The van der Waals surface area contributed by atoms with Crippen molar-refractivity contribution in [1.29, 1.82) is 0 Å². The number of ketones is 2. The highest BCUT2D eigenvalue weighted by Gasteiger charge is 2.58. The predicted octanol–water partition coefficient (Wildman–Crippen LogP) is 6.01. The van der Waals surface area contributed by atoms with Crippen molar-refractivity contribution in [2.45, 2.75) is 18.4 Å². The molecule has 174 valence electrons. The summed E-state index contributed by atoms with van der Waals surface area (Å²) in [5, 5.41) is 0. The maximum Gasteiger partial charge on any atom is 0.304 e. The smallest absolute Gasteiger partial charge is 0.304 e. The molecule has 0 spiro atoms. The molecule has 0 saturated carbocycles. The number of benzene rings is 4. The van der Waals surface area contributed by atoms with Crippen LogP contribution in [0.1, 0.15) is 55.8 Å². The molecule has 4 aromatic carbocycles. The van der Waals surface area contributed by atoms with Crippen LogP contribution in [0.3, 0.4) is 0 Å². The van der Waals surface area contributed by atoms with E-state index < -0.39 is 17.5 Å². The van der Waals surface area contributed by atoms with Gasteiger partial charge in [-0.05, 0) is 11.1 Å². The fourth-order valence-corrected chi connectivity index (χ4v) is 5.75. The van der Waals surface area contributed by atoms with Gasteiger partial charge in [0.15, 0.2) is 17.2 Å². The number of esters is 1. The number of hydrogen-bond donors (Lipinski definition) is 0. The van der Waals surface area contributed by atoms with Gasteiger partial charge in [-0.3, -0.25) is 14.4 Å². The van der Waals surface area contributed by atoms with Crippen LogP contribution in [-0.4, -0.2) is 17.5 Å². The van der Waals surface area contributed by atoms with Crippen molar-refractivity contribution >= 4 is 17.5 Å². The molecule has 0 unspecified atom stereocenters. The number of allylic oxidation sites excluding steroid dienone is 1. The largest absolute Gasteiger partial charge is 0.444 e. The third-order valence-corrected chi connectivity index (χ3v) is 7.05. The molecule has 0 heterocycles. The molecule has 4 aromatic rings. The summed E-state index contributed by atoms with van der Waals surface area (Å²) in [5.41, 5.74) is 3.09. The van der Waals surface area contributed by atoms with Crippen LogP contribution >= 0.6 is 0 Å². The Hall–Kier alpha value is -4.57. The summed E-state index contributed by atoms with van der Waals surface area (Å²) in [7, 11) is 0. The zero-order valence-electron chi connectivity index (χ0n) is 19.6. The molecule has 0 aliphatic heterocycles. The number of Topliss-reactive ketones (excluding diaryl/α,β-unsaturated/α-hetero) is 2. The van der Waals surface area contributed by atoms with E-state index in [9.17, 15) is 14.4 Å². The quantitative estimate of drug-likeness (QED) is 0.265. The Balaban J connectivity index is 1.76. The van der Waals surface area contributed by atoms with Gasteiger partial charge in [-0.2, -0.15) is 0 Å². The lowest BCUT2D eigenvalue weighted by atomic mass is 9.56. The lowest BCUT2D eigenvalue weighted by molar-refractivity contribution is -0.151. The monoisotopic (exact) mass is 470 g/mol. The highest BCUT2D eigenvalue weighted by Crippen LogP contribution is 2.60. The van der Waals surface area contributed by atoms with E-state index in [2.05, 4.69) is 0 Å². The van der Waals surface area contributed by atoms with Gasteiger partial charge in [0.25, 0.3) is 0 Å². The van der Waals surface area contributed by atoms with E-state index in [0.717, 1.165) is 11.1 Å². The van der Waals surface area contributed by atoms with Gasteiger partial charge in [-0.15, -0.1) is 0 Å². The summed E-state index contributed by atoms with van der Waals surface area (Å²) in [6.07, 6.45) is 0. The van der Waals surface area contributed by atoms with Gasteiger partial charge >= 0.3 is 5.97 Å². The summed E-state index contributed by atoms with van der Waals surface area (Å²) in [4.78, 5) is 41.3. The summed E-state index contributed by atoms with van der Waals surface area (Å²) in [6, 6.07) is 33.1. The van der Waals surface area contributed by atoms with E-state index >= 15 is 0 Å². The third kappa shape index (κ3) is 3.04. The van der Waals surface area contributed by atoms with Crippen molar-refractivity contribution in [3.63, 3.8) is 0 Å². The molecular formula is C32H22O4. The SMILES string of the molecule is CC(=O)OC12C(C(=O)c3ccccc3)=C(C(=O)c3ccccc3)C(c3ccccc31)c1ccccc12. The van der Waals surface area contributed by atoms with Crippen LogP contribution in [0.15, 0.2) is 120 Å². The maximum absolute atomic E-state index is 14.3. The predicted molar refractivity (Wildman–Crippen MR) is 136 cm³/mol. The van der Waals surface area contributed by atoms with Crippen LogP contribution in [-0.2, 0) is 15.1 Å². The van der Waals surface area contributed by atoms with Crippen molar-refractivity contribution < 1.29 is 19.1 Å². The molecule has 0 N–H and O–H groups in total. The van der Waals surface area contributed by atoms with Crippen LogP contribution in [0.4, 0.5) is 0 Å². The molecule has 3 aliphatic carbocycles. The highest BCUT2D eigenvalue weighted by molar-refractivity contribution is 6.21. The van der Waals surface area contributed by atoms with Gasteiger partial charge in [-0.1, -0.05) is 109 Å². The minimum Gasteiger partial charge on any atom is -0.444 e. The number of hydrogen-bond acceptors (Lipinski definition) is 4. The van der Waals surface area contributed by atoms with Crippen molar-refractivity contribution in [3.05, 3.63) is 154 Å². The van der Waals surface area contributed by atoms with Gasteiger partial charge in [0.2, 0.25) is 0 Å². The molecule has 7 rings (SSSR count). The second kappa shape index (κ2) is 8.28. The molecule has 0 saturated heterocycles. The average molecular weight is 471 g/mol. The fraction of sp³-hybridized carbons (Fsp3) is 0.0938. The fourth-order valence-electron chi connectivity index (χ4n) is 5.75. The Kier molecular flexibility index (Phi) is 5.04. The Labute approximate surface area is 208 Å². The molecule has 0 atom stereocenters. The second-order valence-corrected chi connectivity index (χ2v) is 9.06. The first-order chi connectivity index (χ1) is 17.5. The summed E-state index contributed by atoms with van der Waals surface area (Å²) < 4.78 is 6.22. The third-order valence-electron chi connectivity index (χ3n) is 7.05. The normalized spacial score (nSPS) is 19.3. The Bertz CT molecular complexity index is 1520. The zero-order chi connectivity index (χ0) is 24.9. The average Bonchev–Trinajstić information content (AvgIpc) is 2.93. The molecule has 3 aliphatic rings. The molecule has 0 amide bonds. The van der Waals surface area contributed by atoms with E-state index in [1.165, 1.54) is 6.92 Å². The zero-order valence-corrected chi connectivity index (χ0v) is 19.6. The number of carbonyl (C=O) groups is 3. The Morgan fingerprint density at radius 1 is 0.611 bits per heavy atom. The van der Waals surface area contributed by atoms with E-state index in [1.807, 2.05) is 60.7 Å². The Morgan fingerprint density at radius 2 is 1.06 bits per heavy atom. The molecule has 4 nitrogen and oxygen atoms in total. The van der Waals surface area contributed by atoms with Gasteiger partial charge in [0.05, 0.1) is 5.57 Å². The van der Waals surface area contributed by atoms with Gasteiger partial charge in [-0.25, -0.2) is 0 Å². The van der Waals surface area contributed by atoms with E-state index in [1.54, 1.807) is 48.5 Å². The first-order valence-corrected chi connectivity index (χ1v) is 11.9.